The van der Waals surface area contributed by atoms with Crippen LogP contribution in [0, 0.1) is 11.6 Å². The van der Waals surface area contributed by atoms with Crippen molar-refractivity contribution < 1.29 is 27.8 Å². The molecular formula is C20H21F2NO4. The van der Waals surface area contributed by atoms with E-state index in [2.05, 4.69) is 0 Å². The number of nitrogens with zero attached hydrogens (tertiary/aromatic N) is 1. The Bertz CT molecular complexity index is 814. The van der Waals surface area contributed by atoms with E-state index in [-0.39, 0.29) is 11.5 Å². The number of para-hydroxylation sites is 2. The lowest BCUT2D eigenvalue weighted by Gasteiger charge is -2.46. The van der Waals surface area contributed by atoms with E-state index in [9.17, 15) is 13.6 Å². The van der Waals surface area contributed by atoms with Gasteiger partial charge in [-0.05, 0) is 25.1 Å². The first-order chi connectivity index (χ1) is 13.1. The van der Waals surface area contributed by atoms with E-state index in [4.69, 9.17) is 14.2 Å². The molecule has 5 nitrogen and oxygen atoms in total. The summed E-state index contributed by atoms with van der Waals surface area (Å²) < 4.78 is 44.1. The molecule has 0 spiro atoms. The number of halogens is 2. The Morgan fingerprint density at radius 1 is 1.11 bits per heavy atom. The van der Waals surface area contributed by atoms with E-state index >= 15 is 0 Å². The zero-order chi connectivity index (χ0) is 19.4. The Morgan fingerprint density at radius 2 is 1.85 bits per heavy atom. The van der Waals surface area contributed by atoms with Gasteiger partial charge in [0.25, 0.3) is 5.91 Å². The minimum Gasteiger partial charge on any atom is -0.493 e. The zero-order valence-electron chi connectivity index (χ0n) is 15.2. The first-order valence-corrected chi connectivity index (χ1v) is 8.69. The Morgan fingerprint density at radius 3 is 2.52 bits per heavy atom. The summed E-state index contributed by atoms with van der Waals surface area (Å²) in [6.45, 7) is 2.98. The van der Waals surface area contributed by atoms with Crippen molar-refractivity contribution in [2.75, 3.05) is 26.9 Å². The molecule has 1 heterocycles. The molecular weight excluding hydrogens is 356 g/mol. The number of rotatable bonds is 8. The molecule has 2 atom stereocenters. The fraction of sp³-hybridized carbons (Fsp3) is 0.350. The van der Waals surface area contributed by atoms with Gasteiger partial charge in [0, 0.05) is 24.8 Å². The fourth-order valence-electron chi connectivity index (χ4n) is 3.11. The summed E-state index contributed by atoms with van der Waals surface area (Å²) >= 11 is 0. The summed E-state index contributed by atoms with van der Waals surface area (Å²) in [6.07, 6.45) is -0.928. The van der Waals surface area contributed by atoms with Gasteiger partial charge in [0.05, 0.1) is 13.7 Å². The number of carbonyl (C=O) groups is 1. The third-order valence-corrected chi connectivity index (χ3v) is 4.43. The van der Waals surface area contributed by atoms with Crippen LogP contribution in [0.25, 0.3) is 0 Å². The maximum absolute atomic E-state index is 14.4. The maximum atomic E-state index is 14.4. The minimum absolute atomic E-state index is 0.201. The number of likely N-dealkylation sites (tertiary alicyclic amines) is 1. The van der Waals surface area contributed by atoms with Crippen LogP contribution in [0.4, 0.5) is 8.78 Å². The Kier molecular flexibility index (Phi) is 5.91. The molecule has 1 aliphatic rings. The molecule has 7 heteroatoms. The van der Waals surface area contributed by atoms with E-state index in [1.54, 1.807) is 24.3 Å². The van der Waals surface area contributed by atoms with Gasteiger partial charge in [0.2, 0.25) is 6.10 Å². The molecule has 2 aromatic rings. The molecule has 3 rings (SSSR count). The summed E-state index contributed by atoms with van der Waals surface area (Å²) in [5.74, 6) is -0.825. The number of hydrogen-bond donors (Lipinski definition) is 0. The topological polar surface area (TPSA) is 48.0 Å². The molecule has 1 fully saturated rings. The normalized spacial score (nSPS) is 19.0. The summed E-state index contributed by atoms with van der Waals surface area (Å²) in [4.78, 5) is 14.1. The molecule has 0 aromatic heterocycles. The smallest absolute Gasteiger partial charge is 0.266 e. The van der Waals surface area contributed by atoms with Crippen LogP contribution >= 0.6 is 0 Å². The number of β-lactam (4-membered cyclic amide) rings is 1. The molecule has 1 aliphatic heterocycles. The van der Waals surface area contributed by atoms with Gasteiger partial charge < -0.3 is 19.1 Å². The molecule has 0 N–H and O–H groups in total. The molecule has 1 amide bonds. The SMILES string of the molecule is CCOCCN1C(=O)C(Oc2ccccc2OC)C1c1ccc(F)cc1F. The predicted molar refractivity (Wildman–Crippen MR) is 94.7 cm³/mol. The van der Waals surface area contributed by atoms with Crippen molar-refractivity contribution in [2.45, 2.75) is 19.1 Å². The highest BCUT2D eigenvalue weighted by molar-refractivity contribution is 5.89. The summed E-state index contributed by atoms with van der Waals surface area (Å²) in [6, 6.07) is 9.55. The lowest BCUT2D eigenvalue weighted by molar-refractivity contribution is -0.165. The van der Waals surface area contributed by atoms with Gasteiger partial charge in [0.15, 0.2) is 11.5 Å². The van der Waals surface area contributed by atoms with Crippen LogP contribution in [0.1, 0.15) is 18.5 Å². The number of hydrogen-bond acceptors (Lipinski definition) is 4. The van der Waals surface area contributed by atoms with Crippen molar-refractivity contribution in [3.05, 3.63) is 59.7 Å². The van der Waals surface area contributed by atoms with Crippen LogP contribution in [-0.4, -0.2) is 43.8 Å². The van der Waals surface area contributed by atoms with Gasteiger partial charge in [-0.15, -0.1) is 0 Å². The van der Waals surface area contributed by atoms with Crippen LogP contribution in [0.2, 0.25) is 0 Å². The summed E-state index contributed by atoms with van der Waals surface area (Å²) in [7, 11) is 1.50. The fourth-order valence-corrected chi connectivity index (χ4v) is 3.11. The minimum atomic E-state index is -0.928. The first kappa shape index (κ1) is 19.1. The molecule has 0 saturated carbocycles. The average Bonchev–Trinajstić information content (AvgIpc) is 2.67. The molecule has 2 aromatic carbocycles. The van der Waals surface area contributed by atoms with E-state index in [0.29, 0.717) is 31.3 Å². The number of amides is 1. The van der Waals surface area contributed by atoms with E-state index < -0.39 is 23.8 Å². The van der Waals surface area contributed by atoms with Gasteiger partial charge in [-0.1, -0.05) is 18.2 Å². The highest BCUT2D eigenvalue weighted by Gasteiger charge is 2.51. The van der Waals surface area contributed by atoms with E-state index in [1.165, 1.54) is 24.1 Å². The lowest BCUT2D eigenvalue weighted by Crippen LogP contribution is -2.62. The second kappa shape index (κ2) is 8.35. The summed E-state index contributed by atoms with van der Waals surface area (Å²) in [5, 5.41) is 0. The van der Waals surface area contributed by atoms with Crippen molar-refractivity contribution in [3.63, 3.8) is 0 Å². The third kappa shape index (κ3) is 3.88. The van der Waals surface area contributed by atoms with E-state index in [1.807, 2.05) is 6.92 Å². The van der Waals surface area contributed by atoms with Gasteiger partial charge in [-0.2, -0.15) is 0 Å². The zero-order valence-corrected chi connectivity index (χ0v) is 15.2. The number of ether oxygens (including phenoxy) is 3. The Balaban J connectivity index is 1.88. The second-order valence-corrected chi connectivity index (χ2v) is 6.03. The Labute approximate surface area is 156 Å². The molecule has 0 aliphatic carbocycles. The average molecular weight is 377 g/mol. The first-order valence-electron chi connectivity index (χ1n) is 8.69. The van der Waals surface area contributed by atoms with Gasteiger partial charge in [-0.25, -0.2) is 8.78 Å². The molecule has 1 saturated heterocycles. The highest BCUT2D eigenvalue weighted by Crippen LogP contribution is 2.40. The standard InChI is InChI=1S/C20H21F2NO4/c1-3-26-11-10-23-18(14-9-8-13(21)12-15(14)22)19(20(23)24)27-17-7-5-4-6-16(17)25-2/h4-9,12,18-19H,3,10-11H2,1-2H3. The monoisotopic (exact) mass is 377 g/mol. The van der Waals surface area contributed by atoms with Crippen molar-refractivity contribution in [2.24, 2.45) is 0 Å². The van der Waals surface area contributed by atoms with Crippen LogP contribution in [0.5, 0.6) is 11.5 Å². The molecule has 0 bridgehead atoms. The molecule has 144 valence electrons. The van der Waals surface area contributed by atoms with E-state index in [0.717, 1.165) is 6.07 Å². The highest BCUT2D eigenvalue weighted by atomic mass is 19.1. The van der Waals surface area contributed by atoms with Crippen LogP contribution in [0.3, 0.4) is 0 Å². The lowest BCUT2D eigenvalue weighted by atomic mass is 9.90. The summed E-state index contributed by atoms with van der Waals surface area (Å²) in [5.41, 5.74) is 0.201. The van der Waals surface area contributed by atoms with Crippen LogP contribution < -0.4 is 9.47 Å². The van der Waals surface area contributed by atoms with Crippen molar-refractivity contribution in [1.82, 2.24) is 4.90 Å². The van der Waals surface area contributed by atoms with Crippen LogP contribution in [-0.2, 0) is 9.53 Å². The van der Waals surface area contributed by atoms with Gasteiger partial charge in [-0.3, -0.25) is 4.79 Å². The predicted octanol–water partition coefficient (Wildman–Crippen LogP) is 3.34. The quantitative estimate of drug-likeness (QED) is 0.523. The third-order valence-electron chi connectivity index (χ3n) is 4.43. The second-order valence-electron chi connectivity index (χ2n) is 6.03. The Hall–Kier alpha value is -2.67. The molecule has 27 heavy (non-hydrogen) atoms. The largest absolute Gasteiger partial charge is 0.493 e. The van der Waals surface area contributed by atoms with Gasteiger partial charge >= 0.3 is 0 Å². The maximum Gasteiger partial charge on any atom is 0.266 e. The van der Waals surface area contributed by atoms with Crippen LogP contribution in [0.15, 0.2) is 42.5 Å². The molecule has 0 radical (unpaired) electrons. The van der Waals surface area contributed by atoms with Crippen molar-refractivity contribution in [1.29, 1.82) is 0 Å². The number of carbonyl (C=O) groups excluding carboxylic acids is 1. The van der Waals surface area contributed by atoms with Crippen molar-refractivity contribution in [3.8, 4) is 11.5 Å². The molecule has 2 unspecified atom stereocenters. The number of benzene rings is 2. The van der Waals surface area contributed by atoms with Gasteiger partial charge in [0.1, 0.15) is 17.7 Å². The van der Waals surface area contributed by atoms with Crippen molar-refractivity contribution >= 4 is 5.91 Å². The number of methoxy groups -OCH3 is 1.